The van der Waals surface area contributed by atoms with E-state index in [1.165, 1.54) is 11.1 Å². The molecule has 1 aliphatic heterocycles. The number of hydrogen-bond acceptors (Lipinski definition) is 3. The van der Waals surface area contributed by atoms with Crippen molar-refractivity contribution in [3.8, 4) is 6.07 Å². The minimum absolute atomic E-state index is 0.132. The lowest BCUT2D eigenvalue weighted by molar-refractivity contribution is -0.126. The molecular formula is C20H26N2O3. The van der Waals surface area contributed by atoms with Crippen LogP contribution in [0, 0.1) is 23.7 Å². The van der Waals surface area contributed by atoms with Gasteiger partial charge in [-0.05, 0) is 24.3 Å². The minimum atomic E-state index is -0.250. The van der Waals surface area contributed by atoms with Crippen molar-refractivity contribution < 1.29 is 14.7 Å². The third-order valence-corrected chi connectivity index (χ3v) is 3.92. The van der Waals surface area contributed by atoms with E-state index in [1.54, 1.807) is 6.08 Å². The molecule has 1 aliphatic rings. The van der Waals surface area contributed by atoms with E-state index in [-0.39, 0.29) is 23.4 Å². The van der Waals surface area contributed by atoms with E-state index < -0.39 is 0 Å². The predicted octanol–water partition coefficient (Wildman–Crippen LogP) is 3.51. The van der Waals surface area contributed by atoms with Crippen LogP contribution in [-0.2, 0) is 9.59 Å². The maximum atomic E-state index is 12.5. The Morgan fingerprint density at radius 3 is 2.56 bits per heavy atom. The third kappa shape index (κ3) is 6.42. The number of likely N-dealkylation sites (tertiary alicyclic amines) is 1. The minimum Gasteiger partial charge on any atom is -0.483 e. The Morgan fingerprint density at radius 1 is 1.40 bits per heavy atom. The molecule has 0 aliphatic carbocycles. The van der Waals surface area contributed by atoms with E-state index >= 15 is 0 Å². The molecule has 1 aromatic carbocycles. The van der Waals surface area contributed by atoms with E-state index in [4.69, 9.17) is 9.90 Å². The average Bonchev–Trinajstić information content (AvgIpc) is 3.02. The first kappa shape index (κ1) is 20.4. The Bertz CT molecular complexity index is 681. The number of carbonyl (C=O) groups excluding carboxylic acids is 1. The molecule has 5 heteroatoms. The van der Waals surface area contributed by atoms with Gasteiger partial charge in [0.25, 0.3) is 12.4 Å². The Balaban J connectivity index is 0.000000970. The van der Waals surface area contributed by atoms with Crippen molar-refractivity contribution in [3.05, 3.63) is 47.0 Å². The van der Waals surface area contributed by atoms with Crippen LogP contribution in [0.25, 0.3) is 0 Å². The summed E-state index contributed by atoms with van der Waals surface area (Å²) in [6, 6.07) is 10.5. The smallest absolute Gasteiger partial charge is 0.290 e. The number of nitrogens with zero attached hydrogens (tertiary/aromatic N) is 2. The molecule has 5 nitrogen and oxygen atoms in total. The van der Waals surface area contributed by atoms with Gasteiger partial charge in [-0.15, -0.1) is 0 Å². The van der Waals surface area contributed by atoms with Gasteiger partial charge in [-0.1, -0.05) is 56.7 Å². The Kier molecular flexibility index (Phi) is 7.38. The number of carbonyl (C=O) groups is 2. The zero-order valence-corrected chi connectivity index (χ0v) is 15.3. The normalized spacial score (nSPS) is 17.3. The lowest BCUT2D eigenvalue weighted by Crippen LogP contribution is -2.30. The molecule has 25 heavy (non-hydrogen) atoms. The molecule has 1 N–H and O–H groups in total. The second kappa shape index (κ2) is 9.03. The SMILES string of the molecule is Cc1cccc(C2CCN(C(=O)/C(C#N)=C/C(C)(C)C)C2)c1.O=CO. The summed E-state index contributed by atoms with van der Waals surface area (Å²) >= 11 is 0. The first-order chi connectivity index (χ1) is 11.7. The van der Waals surface area contributed by atoms with E-state index in [9.17, 15) is 10.1 Å². The highest BCUT2D eigenvalue weighted by molar-refractivity contribution is 5.97. The predicted molar refractivity (Wildman–Crippen MR) is 97.0 cm³/mol. The van der Waals surface area contributed by atoms with Crippen molar-refractivity contribution in [2.24, 2.45) is 5.41 Å². The topological polar surface area (TPSA) is 81.4 Å². The van der Waals surface area contributed by atoms with Gasteiger partial charge in [0.1, 0.15) is 11.6 Å². The molecule has 1 amide bonds. The molecule has 0 spiro atoms. The van der Waals surface area contributed by atoms with Gasteiger partial charge < -0.3 is 10.0 Å². The number of carboxylic acid groups (broad SMARTS) is 1. The Labute approximate surface area is 149 Å². The highest BCUT2D eigenvalue weighted by Crippen LogP contribution is 2.29. The van der Waals surface area contributed by atoms with Gasteiger partial charge in [-0.25, -0.2) is 0 Å². The van der Waals surface area contributed by atoms with Crippen molar-refractivity contribution in [1.82, 2.24) is 4.90 Å². The molecule has 0 radical (unpaired) electrons. The summed E-state index contributed by atoms with van der Waals surface area (Å²) in [6.45, 7) is 9.25. The fourth-order valence-electron chi connectivity index (χ4n) is 2.89. The molecule has 0 saturated carbocycles. The number of hydrogen-bond donors (Lipinski definition) is 1. The van der Waals surface area contributed by atoms with Crippen LogP contribution < -0.4 is 0 Å². The molecular weight excluding hydrogens is 316 g/mol. The van der Waals surface area contributed by atoms with Crippen LogP contribution in [0.4, 0.5) is 0 Å². The van der Waals surface area contributed by atoms with Crippen molar-refractivity contribution in [1.29, 1.82) is 5.26 Å². The third-order valence-electron chi connectivity index (χ3n) is 3.92. The molecule has 1 aromatic rings. The summed E-state index contributed by atoms with van der Waals surface area (Å²) in [4.78, 5) is 22.7. The summed E-state index contributed by atoms with van der Waals surface area (Å²) in [6.07, 6.45) is 2.73. The average molecular weight is 342 g/mol. The van der Waals surface area contributed by atoms with E-state index in [0.717, 1.165) is 13.0 Å². The maximum absolute atomic E-state index is 12.5. The summed E-state index contributed by atoms with van der Waals surface area (Å²) in [5.41, 5.74) is 2.62. The maximum Gasteiger partial charge on any atom is 0.290 e. The first-order valence-corrected chi connectivity index (χ1v) is 8.28. The van der Waals surface area contributed by atoms with Gasteiger partial charge in [-0.2, -0.15) is 5.26 Å². The quantitative estimate of drug-likeness (QED) is 0.506. The van der Waals surface area contributed by atoms with Gasteiger partial charge in [0.15, 0.2) is 0 Å². The summed E-state index contributed by atoms with van der Waals surface area (Å²) in [5, 5.41) is 16.2. The van der Waals surface area contributed by atoms with Crippen LogP contribution in [0.2, 0.25) is 0 Å². The molecule has 0 aromatic heterocycles. The second-order valence-electron chi connectivity index (χ2n) is 7.29. The highest BCUT2D eigenvalue weighted by atomic mass is 16.3. The van der Waals surface area contributed by atoms with Crippen molar-refractivity contribution in [2.45, 2.75) is 40.0 Å². The number of rotatable bonds is 2. The largest absolute Gasteiger partial charge is 0.483 e. The molecule has 2 rings (SSSR count). The number of allylic oxidation sites excluding steroid dienone is 1. The second-order valence-corrected chi connectivity index (χ2v) is 7.29. The van der Waals surface area contributed by atoms with E-state index in [2.05, 4.69) is 37.3 Å². The molecule has 1 heterocycles. The van der Waals surface area contributed by atoms with Crippen molar-refractivity contribution in [2.75, 3.05) is 13.1 Å². The lowest BCUT2D eigenvalue weighted by atomic mass is 9.93. The van der Waals surface area contributed by atoms with Gasteiger partial charge in [0.2, 0.25) is 0 Å². The fraction of sp³-hybridized carbons (Fsp3) is 0.450. The zero-order chi connectivity index (χ0) is 19.0. The summed E-state index contributed by atoms with van der Waals surface area (Å²) < 4.78 is 0. The molecule has 134 valence electrons. The van der Waals surface area contributed by atoms with Crippen LogP contribution in [0.15, 0.2) is 35.9 Å². The highest BCUT2D eigenvalue weighted by Gasteiger charge is 2.29. The first-order valence-electron chi connectivity index (χ1n) is 8.28. The van der Waals surface area contributed by atoms with E-state index in [1.807, 2.05) is 25.7 Å². The van der Waals surface area contributed by atoms with Crippen molar-refractivity contribution in [3.63, 3.8) is 0 Å². The van der Waals surface area contributed by atoms with Gasteiger partial charge in [0, 0.05) is 19.0 Å². The van der Waals surface area contributed by atoms with Gasteiger partial charge in [-0.3, -0.25) is 9.59 Å². The fourth-order valence-corrected chi connectivity index (χ4v) is 2.89. The van der Waals surface area contributed by atoms with Gasteiger partial charge in [0.05, 0.1) is 0 Å². The molecule has 0 bridgehead atoms. The number of aryl methyl sites for hydroxylation is 1. The standard InChI is InChI=1S/C19H24N2O.CH2O2/c1-14-6-5-7-15(10-14)16-8-9-21(13-16)18(22)17(12-20)11-19(2,3)4;2-1-3/h5-7,10-11,16H,8-9,13H2,1-4H3;1H,(H,2,3)/b17-11+;. The van der Waals surface area contributed by atoms with Crippen LogP contribution in [0.5, 0.6) is 0 Å². The van der Waals surface area contributed by atoms with Crippen LogP contribution >= 0.6 is 0 Å². The number of benzene rings is 1. The number of amides is 1. The molecule has 1 saturated heterocycles. The van der Waals surface area contributed by atoms with Crippen LogP contribution in [-0.4, -0.2) is 35.5 Å². The summed E-state index contributed by atoms with van der Waals surface area (Å²) in [5.74, 6) is 0.242. The molecule has 1 fully saturated rings. The molecule has 1 atom stereocenters. The lowest BCUT2D eigenvalue weighted by Gasteiger charge is -2.18. The summed E-state index contributed by atoms with van der Waals surface area (Å²) in [7, 11) is 0. The van der Waals surface area contributed by atoms with Crippen molar-refractivity contribution >= 4 is 12.4 Å². The zero-order valence-electron chi connectivity index (χ0n) is 15.3. The Hall–Kier alpha value is -2.61. The van der Waals surface area contributed by atoms with E-state index in [0.29, 0.717) is 12.5 Å². The van der Waals surface area contributed by atoms with Gasteiger partial charge >= 0.3 is 0 Å². The van der Waals surface area contributed by atoms with Crippen LogP contribution in [0.3, 0.4) is 0 Å². The number of nitriles is 1. The monoisotopic (exact) mass is 342 g/mol. The Morgan fingerprint density at radius 2 is 2.04 bits per heavy atom. The van der Waals surface area contributed by atoms with Crippen LogP contribution in [0.1, 0.15) is 44.2 Å². The molecule has 1 unspecified atom stereocenters.